The molecule has 0 spiro atoms. The number of hydrogen-bond acceptors (Lipinski definition) is 6. The van der Waals surface area contributed by atoms with Gasteiger partial charge in [0.2, 0.25) is 0 Å². The smallest absolute Gasteiger partial charge is 0.401 e. The summed E-state index contributed by atoms with van der Waals surface area (Å²) in [6, 6.07) is 5.38. The lowest BCUT2D eigenvalue weighted by atomic mass is 10.2. The predicted molar refractivity (Wildman–Crippen MR) is 106 cm³/mol. The highest BCUT2D eigenvalue weighted by Crippen LogP contribution is 2.34. The third kappa shape index (κ3) is 6.60. The fraction of sp³-hybridized carbons (Fsp3) is 0.474. The maximum absolute atomic E-state index is 12.4. The molecule has 0 fully saturated rings. The molecule has 29 heavy (non-hydrogen) atoms. The van der Waals surface area contributed by atoms with Crippen LogP contribution in [0, 0.1) is 6.92 Å². The maximum Gasteiger partial charge on any atom is 0.401 e. The van der Waals surface area contributed by atoms with Gasteiger partial charge in [0.25, 0.3) is 5.91 Å². The Hall–Kier alpha value is -2.33. The Labute approximate surface area is 171 Å². The van der Waals surface area contributed by atoms with E-state index in [1.54, 1.807) is 33.3 Å². The summed E-state index contributed by atoms with van der Waals surface area (Å²) in [5.74, 6) is 0.870. The number of alkyl halides is 3. The van der Waals surface area contributed by atoms with Gasteiger partial charge < -0.3 is 14.8 Å². The summed E-state index contributed by atoms with van der Waals surface area (Å²) in [7, 11) is 4.49. The molecule has 1 aromatic heterocycles. The Balaban J connectivity index is 1.97. The minimum Gasteiger partial charge on any atom is -0.493 e. The summed E-state index contributed by atoms with van der Waals surface area (Å²) in [5.41, 5.74) is 1.38. The van der Waals surface area contributed by atoms with Gasteiger partial charge in [-0.25, -0.2) is 4.98 Å². The molecule has 0 aliphatic carbocycles. The van der Waals surface area contributed by atoms with Crippen LogP contribution in [0.5, 0.6) is 11.5 Å². The van der Waals surface area contributed by atoms with Gasteiger partial charge in [-0.1, -0.05) is 0 Å². The van der Waals surface area contributed by atoms with E-state index < -0.39 is 12.7 Å². The van der Waals surface area contributed by atoms with Gasteiger partial charge in [-0.15, -0.1) is 11.3 Å². The van der Waals surface area contributed by atoms with Gasteiger partial charge in [0.05, 0.1) is 26.5 Å². The van der Waals surface area contributed by atoms with Crippen molar-refractivity contribution in [3.63, 3.8) is 0 Å². The third-order valence-electron chi connectivity index (χ3n) is 4.08. The first-order valence-electron chi connectivity index (χ1n) is 8.88. The molecular weight excluding hydrogens is 407 g/mol. The molecule has 1 aromatic carbocycles. The predicted octanol–water partition coefficient (Wildman–Crippen LogP) is 3.75. The highest BCUT2D eigenvalue weighted by molar-refractivity contribution is 7.17. The van der Waals surface area contributed by atoms with Crippen molar-refractivity contribution in [3.05, 3.63) is 28.8 Å². The molecule has 2 rings (SSSR count). The van der Waals surface area contributed by atoms with Crippen LogP contribution in [0.25, 0.3) is 10.6 Å². The Kier molecular flexibility index (Phi) is 7.86. The van der Waals surface area contributed by atoms with Gasteiger partial charge in [0.1, 0.15) is 9.88 Å². The number of nitrogens with one attached hydrogen (secondary N) is 1. The van der Waals surface area contributed by atoms with Crippen LogP contribution in [0.15, 0.2) is 18.2 Å². The first-order chi connectivity index (χ1) is 13.6. The van der Waals surface area contributed by atoms with Gasteiger partial charge in [-0.05, 0) is 45.1 Å². The summed E-state index contributed by atoms with van der Waals surface area (Å²) in [6.45, 7) is 1.29. The van der Waals surface area contributed by atoms with Crippen LogP contribution in [-0.2, 0) is 0 Å². The molecule has 0 unspecified atom stereocenters. The van der Waals surface area contributed by atoms with Crippen molar-refractivity contribution >= 4 is 17.2 Å². The molecule has 1 heterocycles. The topological polar surface area (TPSA) is 63.7 Å². The number of benzene rings is 1. The van der Waals surface area contributed by atoms with E-state index in [1.807, 2.05) is 6.07 Å². The SMILES string of the molecule is COc1ccc(-c2nc(C)c(C(=O)NCCCN(C)CC(F)(F)F)s2)cc1OC. The summed E-state index contributed by atoms with van der Waals surface area (Å²) < 4.78 is 47.4. The fourth-order valence-electron chi connectivity index (χ4n) is 2.72. The van der Waals surface area contributed by atoms with Crippen LogP contribution in [0.3, 0.4) is 0 Å². The van der Waals surface area contributed by atoms with Crippen molar-refractivity contribution in [3.8, 4) is 22.1 Å². The monoisotopic (exact) mass is 431 g/mol. The zero-order chi connectivity index (χ0) is 21.6. The molecule has 1 amide bonds. The van der Waals surface area contributed by atoms with Crippen LogP contribution in [-0.4, -0.2) is 62.9 Å². The largest absolute Gasteiger partial charge is 0.493 e. The molecule has 160 valence electrons. The summed E-state index contributed by atoms with van der Waals surface area (Å²) in [6.07, 6.45) is -3.81. The van der Waals surface area contributed by atoms with E-state index in [4.69, 9.17) is 9.47 Å². The molecule has 0 atom stereocenters. The molecule has 0 aliphatic rings. The number of hydrogen-bond donors (Lipinski definition) is 1. The lowest BCUT2D eigenvalue weighted by molar-refractivity contribution is -0.143. The minimum atomic E-state index is -4.22. The van der Waals surface area contributed by atoms with Crippen molar-refractivity contribution in [1.82, 2.24) is 15.2 Å². The van der Waals surface area contributed by atoms with Crippen molar-refractivity contribution < 1.29 is 27.4 Å². The number of aromatic nitrogens is 1. The molecule has 0 bridgehead atoms. The summed E-state index contributed by atoms with van der Waals surface area (Å²) in [5, 5.41) is 3.41. The van der Waals surface area contributed by atoms with E-state index in [1.165, 1.54) is 23.3 Å². The van der Waals surface area contributed by atoms with Gasteiger partial charge in [-0.2, -0.15) is 13.2 Å². The zero-order valence-corrected chi connectivity index (χ0v) is 17.5. The number of thiazole rings is 1. The van der Waals surface area contributed by atoms with Crippen molar-refractivity contribution in [2.75, 3.05) is 40.9 Å². The first kappa shape index (κ1) is 23.0. The van der Waals surface area contributed by atoms with Crippen LogP contribution in [0.4, 0.5) is 13.2 Å². The Morgan fingerprint density at radius 2 is 1.93 bits per heavy atom. The molecule has 10 heteroatoms. The summed E-state index contributed by atoms with van der Waals surface area (Å²) in [4.78, 5) is 18.5. The van der Waals surface area contributed by atoms with Gasteiger partial charge >= 0.3 is 6.18 Å². The lowest BCUT2D eigenvalue weighted by Gasteiger charge is -2.18. The van der Waals surface area contributed by atoms with E-state index in [2.05, 4.69) is 10.3 Å². The average molecular weight is 431 g/mol. The number of methoxy groups -OCH3 is 2. The van der Waals surface area contributed by atoms with Crippen LogP contribution in [0.2, 0.25) is 0 Å². The average Bonchev–Trinajstić information content (AvgIpc) is 3.04. The molecule has 0 aliphatic heterocycles. The zero-order valence-electron chi connectivity index (χ0n) is 16.7. The van der Waals surface area contributed by atoms with E-state index in [9.17, 15) is 18.0 Å². The highest BCUT2D eigenvalue weighted by Gasteiger charge is 2.28. The van der Waals surface area contributed by atoms with E-state index in [-0.39, 0.29) is 19.0 Å². The number of amides is 1. The Morgan fingerprint density at radius 1 is 1.24 bits per heavy atom. The molecule has 2 aromatic rings. The number of halogens is 3. The van der Waals surface area contributed by atoms with Crippen molar-refractivity contribution in [2.24, 2.45) is 0 Å². The second kappa shape index (κ2) is 9.93. The van der Waals surface area contributed by atoms with Crippen molar-refractivity contribution in [2.45, 2.75) is 19.5 Å². The van der Waals surface area contributed by atoms with Crippen LogP contribution < -0.4 is 14.8 Å². The van der Waals surface area contributed by atoms with Crippen LogP contribution in [0.1, 0.15) is 21.8 Å². The summed E-state index contributed by atoms with van der Waals surface area (Å²) >= 11 is 1.25. The number of aryl methyl sites for hydroxylation is 1. The Bertz CT molecular complexity index is 840. The van der Waals surface area contributed by atoms with Gasteiger partial charge in [-0.3, -0.25) is 9.69 Å². The number of carbonyl (C=O) groups is 1. The van der Waals surface area contributed by atoms with E-state index in [0.717, 1.165) is 5.56 Å². The minimum absolute atomic E-state index is 0.234. The number of ether oxygens (including phenoxy) is 2. The van der Waals surface area contributed by atoms with Crippen molar-refractivity contribution in [1.29, 1.82) is 0 Å². The normalized spacial score (nSPS) is 11.6. The lowest BCUT2D eigenvalue weighted by Crippen LogP contribution is -2.33. The number of rotatable bonds is 9. The third-order valence-corrected chi connectivity index (χ3v) is 5.29. The number of carbonyl (C=O) groups excluding carboxylic acids is 1. The van der Waals surface area contributed by atoms with Gasteiger partial charge in [0.15, 0.2) is 11.5 Å². The number of nitrogens with zero attached hydrogens (tertiary/aromatic N) is 2. The molecule has 0 radical (unpaired) electrons. The first-order valence-corrected chi connectivity index (χ1v) is 9.69. The standard InChI is InChI=1S/C19H24F3N3O3S/c1-12-16(17(26)23-8-5-9-25(2)11-19(20,21)22)29-18(24-12)13-6-7-14(27-3)15(10-13)28-4/h6-7,10H,5,8-9,11H2,1-4H3,(H,23,26). The molecule has 1 N–H and O–H groups in total. The highest BCUT2D eigenvalue weighted by atomic mass is 32.1. The maximum atomic E-state index is 12.4. The quantitative estimate of drug-likeness (QED) is 0.613. The second-order valence-corrected chi connectivity index (χ2v) is 7.46. The molecule has 6 nitrogen and oxygen atoms in total. The van der Waals surface area contributed by atoms with Crippen LogP contribution >= 0.6 is 11.3 Å². The van der Waals surface area contributed by atoms with E-state index >= 15 is 0 Å². The molecular formula is C19H24F3N3O3S. The van der Waals surface area contributed by atoms with E-state index in [0.29, 0.717) is 33.5 Å². The molecule has 0 saturated heterocycles. The Morgan fingerprint density at radius 3 is 2.55 bits per heavy atom. The van der Waals surface area contributed by atoms with Gasteiger partial charge in [0, 0.05) is 12.1 Å². The molecule has 0 saturated carbocycles. The fourth-order valence-corrected chi connectivity index (χ4v) is 3.70. The second-order valence-electron chi connectivity index (χ2n) is 6.47.